The zero-order valence-electron chi connectivity index (χ0n) is 12.7. The van der Waals surface area contributed by atoms with Crippen LogP contribution in [0.25, 0.3) is 0 Å². The van der Waals surface area contributed by atoms with Crippen LogP contribution < -0.4 is 5.32 Å². The molecule has 2 heterocycles. The van der Waals surface area contributed by atoms with Gasteiger partial charge < -0.3 is 10.1 Å². The minimum absolute atomic E-state index is 0.0808. The standard InChI is InChI=1S/C15H23N3O2S/c1-3-16-15(19)13(11-18-7-9-20-10-8-18)21-14-6-4-5-12(2)17-14/h4-6,13H,3,7-11H2,1-2H3,(H,16,19). The number of carbonyl (C=O) groups excluding carboxylic acids is 1. The van der Waals surface area contributed by atoms with Crippen LogP contribution in [-0.4, -0.2) is 60.4 Å². The average Bonchev–Trinajstić information content (AvgIpc) is 2.48. The minimum atomic E-state index is -0.141. The molecule has 2 rings (SSSR count). The Morgan fingerprint density at radius 1 is 1.48 bits per heavy atom. The van der Waals surface area contributed by atoms with Crippen molar-refractivity contribution in [1.82, 2.24) is 15.2 Å². The van der Waals surface area contributed by atoms with Gasteiger partial charge in [-0.15, -0.1) is 0 Å². The first-order valence-corrected chi connectivity index (χ1v) is 8.25. The van der Waals surface area contributed by atoms with Crippen molar-refractivity contribution in [2.24, 2.45) is 0 Å². The number of nitrogens with one attached hydrogen (secondary N) is 1. The van der Waals surface area contributed by atoms with Crippen LogP contribution in [0.15, 0.2) is 23.2 Å². The molecule has 0 spiro atoms. The van der Waals surface area contributed by atoms with E-state index in [1.807, 2.05) is 32.0 Å². The highest BCUT2D eigenvalue weighted by Gasteiger charge is 2.24. The molecule has 0 saturated carbocycles. The number of aryl methyl sites for hydroxylation is 1. The summed E-state index contributed by atoms with van der Waals surface area (Å²) in [7, 11) is 0. The molecule has 1 aliphatic heterocycles. The number of rotatable bonds is 6. The quantitative estimate of drug-likeness (QED) is 0.803. The summed E-state index contributed by atoms with van der Waals surface area (Å²) in [4.78, 5) is 19.1. The van der Waals surface area contributed by atoms with E-state index in [2.05, 4.69) is 15.2 Å². The fraction of sp³-hybridized carbons (Fsp3) is 0.600. The molecule has 1 saturated heterocycles. The maximum atomic E-state index is 12.3. The Hall–Kier alpha value is -1.11. The molecule has 1 N–H and O–H groups in total. The molecule has 1 fully saturated rings. The van der Waals surface area contributed by atoms with E-state index in [1.165, 1.54) is 11.8 Å². The van der Waals surface area contributed by atoms with Gasteiger partial charge in [0.05, 0.1) is 18.2 Å². The van der Waals surface area contributed by atoms with Crippen LogP contribution in [0.4, 0.5) is 0 Å². The summed E-state index contributed by atoms with van der Waals surface area (Å²) in [5.41, 5.74) is 0.973. The summed E-state index contributed by atoms with van der Waals surface area (Å²) in [5, 5.41) is 3.69. The van der Waals surface area contributed by atoms with Crippen molar-refractivity contribution in [3.8, 4) is 0 Å². The number of hydrogen-bond acceptors (Lipinski definition) is 5. The lowest BCUT2D eigenvalue weighted by atomic mass is 10.3. The lowest BCUT2D eigenvalue weighted by Crippen LogP contribution is -2.45. The van der Waals surface area contributed by atoms with E-state index in [0.29, 0.717) is 6.54 Å². The molecule has 0 aromatic carbocycles. The number of aromatic nitrogens is 1. The number of carbonyl (C=O) groups is 1. The Morgan fingerprint density at radius 3 is 2.90 bits per heavy atom. The largest absolute Gasteiger partial charge is 0.379 e. The van der Waals surface area contributed by atoms with Crippen molar-refractivity contribution < 1.29 is 9.53 Å². The summed E-state index contributed by atoms with van der Waals surface area (Å²) in [6.07, 6.45) is 0. The Morgan fingerprint density at radius 2 is 2.24 bits per heavy atom. The Labute approximate surface area is 130 Å². The van der Waals surface area contributed by atoms with E-state index in [0.717, 1.165) is 43.6 Å². The van der Waals surface area contributed by atoms with E-state index in [-0.39, 0.29) is 11.2 Å². The Kier molecular flexibility index (Phi) is 6.48. The number of hydrogen-bond donors (Lipinski definition) is 1. The number of pyridine rings is 1. The van der Waals surface area contributed by atoms with Crippen molar-refractivity contribution in [2.75, 3.05) is 39.4 Å². The average molecular weight is 309 g/mol. The van der Waals surface area contributed by atoms with Gasteiger partial charge >= 0.3 is 0 Å². The minimum Gasteiger partial charge on any atom is -0.379 e. The zero-order valence-corrected chi connectivity index (χ0v) is 13.5. The second-order valence-electron chi connectivity index (χ2n) is 5.03. The molecule has 1 aromatic rings. The van der Waals surface area contributed by atoms with Gasteiger partial charge in [0.2, 0.25) is 5.91 Å². The molecule has 1 amide bonds. The van der Waals surface area contributed by atoms with E-state index in [4.69, 9.17) is 4.74 Å². The number of thioether (sulfide) groups is 1. The van der Waals surface area contributed by atoms with Crippen molar-refractivity contribution in [3.63, 3.8) is 0 Å². The van der Waals surface area contributed by atoms with Gasteiger partial charge in [-0.3, -0.25) is 9.69 Å². The van der Waals surface area contributed by atoms with Gasteiger partial charge in [0.25, 0.3) is 0 Å². The lowest BCUT2D eigenvalue weighted by molar-refractivity contribution is -0.121. The normalized spacial score (nSPS) is 17.4. The second kappa shape index (κ2) is 8.36. The molecule has 0 aliphatic carbocycles. The van der Waals surface area contributed by atoms with Crippen molar-refractivity contribution in [3.05, 3.63) is 23.9 Å². The molecule has 6 heteroatoms. The maximum Gasteiger partial charge on any atom is 0.234 e. The maximum absolute atomic E-state index is 12.3. The third-order valence-electron chi connectivity index (χ3n) is 3.30. The van der Waals surface area contributed by atoms with Gasteiger partial charge in [0.15, 0.2) is 0 Å². The van der Waals surface area contributed by atoms with Crippen LogP contribution >= 0.6 is 11.8 Å². The molecular weight excluding hydrogens is 286 g/mol. The number of morpholine rings is 1. The third-order valence-corrected chi connectivity index (χ3v) is 4.41. The molecule has 1 atom stereocenters. The van der Waals surface area contributed by atoms with Crippen molar-refractivity contribution >= 4 is 17.7 Å². The number of ether oxygens (including phenoxy) is 1. The van der Waals surface area contributed by atoms with Crippen LogP contribution in [-0.2, 0) is 9.53 Å². The summed E-state index contributed by atoms with van der Waals surface area (Å²) in [5.74, 6) is 0.0808. The summed E-state index contributed by atoms with van der Waals surface area (Å²) in [6, 6.07) is 5.91. The van der Waals surface area contributed by atoms with Gasteiger partial charge in [-0.2, -0.15) is 0 Å². The monoisotopic (exact) mass is 309 g/mol. The molecular formula is C15H23N3O2S. The predicted octanol–water partition coefficient (Wildman–Crippen LogP) is 1.32. The molecule has 116 valence electrons. The molecule has 0 bridgehead atoms. The first-order chi connectivity index (χ1) is 10.2. The molecule has 1 unspecified atom stereocenters. The number of amides is 1. The Balaban J connectivity index is 2.02. The fourth-order valence-electron chi connectivity index (χ4n) is 2.21. The van der Waals surface area contributed by atoms with Crippen LogP contribution in [0.3, 0.4) is 0 Å². The van der Waals surface area contributed by atoms with Gasteiger partial charge in [0.1, 0.15) is 5.25 Å². The topological polar surface area (TPSA) is 54.5 Å². The highest BCUT2D eigenvalue weighted by atomic mass is 32.2. The van der Waals surface area contributed by atoms with Gasteiger partial charge in [-0.05, 0) is 26.0 Å². The molecule has 1 aliphatic rings. The van der Waals surface area contributed by atoms with Crippen LogP contribution in [0.5, 0.6) is 0 Å². The zero-order chi connectivity index (χ0) is 15.1. The van der Waals surface area contributed by atoms with Crippen LogP contribution in [0, 0.1) is 6.92 Å². The molecule has 5 nitrogen and oxygen atoms in total. The van der Waals surface area contributed by atoms with Crippen molar-refractivity contribution in [2.45, 2.75) is 24.1 Å². The van der Waals surface area contributed by atoms with Gasteiger partial charge in [-0.1, -0.05) is 17.8 Å². The van der Waals surface area contributed by atoms with E-state index in [9.17, 15) is 4.79 Å². The van der Waals surface area contributed by atoms with Gasteiger partial charge in [-0.25, -0.2) is 4.98 Å². The highest BCUT2D eigenvalue weighted by Crippen LogP contribution is 2.23. The first-order valence-electron chi connectivity index (χ1n) is 7.37. The second-order valence-corrected chi connectivity index (χ2v) is 6.25. The molecule has 0 radical (unpaired) electrons. The molecule has 21 heavy (non-hydrogen) atoms. The summed E-state index contributed by atoms with van der Waals surface area (Å²) < 4.78 is 5.36. The summed E-state index contributed by atoms with van der Waals surface area (Å²) >= 11 is 1.54. The summed E-state index contributed by atoms with van der Waals surface area (Å²) in [6.45, 7) is 8.56. The van der Waals surface area contributed by atoms with E-state index in [1.54, 1.807) is 0 Å². The number of nitrogens with zero attached hydrogens (tertiary/aromatic N) is 2. The Bertz CT molecular complexity index is 464. The van der Waals surface area contributed by atoms with Gasteiger partial charge in [0, 0.05) is 31.9 Å². The highest BCUT2D eigenvalue weighted by molar-refractivity contribution is 8.00. The SMILES string of the molecule is CCNC(=O)C(CN1CCOCC1)Sc1cccc(C)n1. The van der Waals surface area contributed by atoms with Crippen molar-refractivity contribution in [1.29, 1.82) is 0 Å². The van der Waals surface area contributed by atoms with Crippen LogP contribution in [0.2, 0.25) is 0 Å². The fourth-order valence-corrected chi connectivity index (χ4v) is 3.33. The van der Waals surface area contributed by atoms with E-state index < -0.39 is 0 Å². The van der Waals surface area contributed by atoms with Crippen LogP contribution in [0.1, 0.15) is 12.6 Å². The van der Waals surface area contributed by atoms with E-state index >= 15 is 0 Å². The molecule has 1 aromatic heterocycles. The predicted molar refractivity (Wildman–Crippen MR) is 84.6 cm³/mol. The first kappa shape index (κ1) is 16.3. The smallest absolute Gasteiger partial charge is 0.234 e. The lowest BCUT2D eigenvalue weighted by Gasteiger charge is -2.29. The third kappa shape index (κ3) is 5.30.